The second-order valence-corrected chi connectivity index (χ2v) is 5.31. The van der Waals surface area contributed by atoms with E-state index in [1.807, 2.05) is 0 Å². The van der Waals surface area contributed by atoms with Gasteiger partial charge in [-0.25, -0.2) is 0 Å². The van der Waals surface area contributed by atoms with Crippen LogP contribution in [0.4, 0.5) is 5.69 Å². The van der Waals surface area contributed by atoms with Gasteiger partial charge in [-0.05, 0) is 43.7 Å². The fourth-order valence-electron chi connectivity index (χ4n) is 2.64. The molecule has 1 aliphatic rings. The number of hydrogen-bond acceptors (Lipinski definition) is 4. The van der Waals surface area contributed by atoms with E-state index in [1.54, 1.807) is 18.2 Å². The number of aliphatic hydroxyl groups is 1. The second kappa shape index (κ2) is 6.61. The Kier molecular flexibility index (Phi) is 4.84. The molecule has 0 atom stereocenters. The zero-order chi connectivity index (χ0) is 14.5. The van der Waals surface area contributed by atoms with E-state index in [0.29, 0.717) is 29.5 Å². The lowest BCUT2D eigenvalue weighted by Gasteiger charge is -2.25. The van der Waals surface area contributed by atoms with Gasteiger partial charge in [0.15, 0.2) is 0 Å². The highest BCUT2D eigenvalue weighted by Crippen LogP contribution is 2.25. The van der Waals surface area contributed by atoms with Gasteiger partial charge >= 0.3 is 0 Å². The molecular weight excluding hydrogens is 256 g/mol. The molecule has 0 bridgehead atoms. The third kappa shape index (κ3) is 3.42. The minimum atomic E-state index is -0.203. The molecule has 5 nitrogen and oxygen atoms in total. The molecule has 1 fully saturated rings. The van der Waals surface area contributed by atoms with Crippen LogP contribution in [0.1, 0.15) is 36.0 Å². The van der Waals surface area contributed by atoms with Crippen molar-refractivity contribution in [2.24, 2.45) is 5.92 Å². The van der Waals surface area contributed by atoms with Crippen molar-refractivity contribution >= 4 is 11.6 Å². The summed E-state index contributed by atoms with van der Waals surface area (Å²) in [6, 6.07) is 5.17. The molecule has 2 rings (SSSR count). The standard InChI is InChI=1S/C15H22N2O3/c1-20-13-4-2-3-12(16)14(13)15(19)17-9-10-5-7-11(18)8-6-10/h2-4,10-11,18H,5-9,16H2,1H3,(H,17,19). The first-order valence-corrected chi connectivity index (χ1v) is 7.00. The number of rotatable bonds is 4. The van der Waals surface area contributed by atoms with Crippen LogP contribution in [0.5, 0.6) is 5.75 Å². The lowest BCUT2D eigenvalue weighted by molar-refractivity contribution is 0.0908. The number of amides is 1. The Morgan fingerprint density at radius 2 is 2.10 bits per heavy atom. The minimum absolute atomic E-state index is 0.174. The molecular formula is C15H22N2O3. The topological polar surface area (TPSA) is 84.6 Å². The van der Waals surface area contributed by atoms with E-state index in [9.17, 15) is 9.90 Å². The molecule has 110 valence electrons. The van der Waals surface area contributed by atoms with Crippen molar-refractivity contribution in [1.82, 2.24) is 5.32 Å². The van der Waals surface area contributed by atoms with Crippen molar-refractivity contribution in [3.8, 4) is 5.75 Å². The van der Waals surface area contributed by atoms with Crippen molar-refractivity contribution in [3.63, 3.8) is 0 Å². The fourth-order valence-corrected chi connectivity index (χ4v) is 2.64. The van der Waals surface area contributed by atoms with E-state index < -0.39 is 0 Å². The van der Waals surface area contributed by atoms with Gasteiger partial charge in [-0.3, -0.25) is 4.79 Å². The van der Waals surface area contributed by atoms with Gasteiger partial charge in [0.25, 0.3) is 5.91 Å². The van der Waals surface area contributed by atoms with Crippen molar-refractivity contribution in [3.05, 3.63) is 23.8 Å². The Morgan fingerprint density at radius 1 is 1.40 bits per heavy atom. The van der Waals surface area contributed by atoms with Crippen LogP contribution in [-0.2, 0) is 0 Å². The molecule has 0 aromatic heterocycles. The van der Waals surface area contributed by atoms with Crippen LogP contribution in [0.3, 0.4) is 0 Å². The molecule has 1 aliphatic carbocycles. The number of carbonyl (C=O) groups excluding carboxylic acids is 1. The molecule has 1 aromatic carbocycles. The van der Waals surface area contributed by atoms with Crippen LogP contribution in [0, 0.1) is 5.92 Å². The maximum absolute atomic E-state index is 12.2. The molecule has 1 aromatic rings. The predicted molar refractivity (Wildman–Crippen MR) is 77.7 cm³/mol. The molecule has 0 aliphatic heterocycles. The summed E-state index contributed by atoms with van der Waals surface area (Å²) in [7, 11) is 1.52. The van der Waals surface area contributed by atoms with E-state index in [0.717, 1.165) is 25.7 Å². The van der Waals surface area contributed by atoms with Crippen LogP contribution in [0.25, 0.3) is 0 Å². The van der Waals surface area contributed by atoms with Gasteiger partial charge < -0.3 is 20.9 Å². The van der Waals surface area contributed by atoms with E-state index in [2.05, 4.69) is 5.32 Å². The summed E-state index contributed by atoms with van der Waals surface area (Å²) in [5.74, 6) is 0.714. The molecule has 5 heteroatoms. The summed E-state index contributed by atoms with van der Waals surface area (Å²) in [6.45, 7) is 0.614. The van der Waals surface area contributed by atoms with Gasteiger partial charge in [0, 0.05) is 12.2 Å². The number of benzene rings is 1. The van der Waals surface area contributed by atoms with E-state index in [1.165, 1.54) is 7.11 Å². The first-order chi connectivity index (χ1) is 9.61. The molecule has 1 saturated carbocycles. The molecule has 0 saturated heterocycles. The highest BCUT2D eigenvalue weighted by Gasteiger charge is 2.21. The molecule has 4 N–H and O–H groups in total. The van der Waals surface area contributed by atoms with Gasteiger partial charge in [0.05, 0.1) is 13.2 Å². The largest absolute Gasteiger partial charge is 0.496 e. The number of hydrogen-bond donors (Lipinski definition) is 3. The van der Waals surface area contributed by atoms with Gasteiger partial charge in [-0.15, -0.1) is 0 Å². The van der Waals surface area contributed by atoms with Crippen LogP contribution in [0.2, 0.25) is 0 Å². The Bertz CT molecular complexity index is 468. The molecule has 0 heterocycles. The van der Waals surface area contributed by atoms with Crippen molar-refractivity contribution < 1.29 is 14.6 Å². The number of nitrogens with one attached hydrogen (secondary N) is 1. The summed E-state index contributed by atoms with van der Waals surface area (Å²) in [6.07, 6.45) is 3.35. The maximum Gasteiger partial charge on any atom is 0.257 e. The normalized spacial score (nSPS) is 22.3. The summed E-state index contributed by atoms with van der Waals surface area (Å²) in [5.41, 5.74) is 6.66. The van der Waals surface area contributed by atoms with E-state index >= 15 is 0 Å². The Morgan fingerprint density at radius 3 is 2.75 bits per heavy atom. The highest BCUT2D eigenvalue weighted by atomic mass is 16.5. The van der Waals surface area contributed by atoms with Gasteiger partial charge in [-0.1, -0.05) is 6.07 Å². The number of ether oxygens (including phenoxy) is 1. The third-order valence-electron chi connectivity index (χ3n) is 3.87. The smallest absolute Gasteiger partial charge is 0.257 e. The lowest BCUT2D eigenvalue weighted by atomic mass is 9.87. The van der Waals surface area contributed by atoms with Crippen molar-refractivity contribution in [2.75, 3.05) is 19.4 Å². The zero-order valence-electron chi connectivity index (χ0n) is 11.8. The number of anilines is 1. The Labute approximate surface area is 119 Å². The zero-order valence-corrected chi connectivity index (χ0v) is 11.8. The fraction of sp³-hybridized carbons (Fsp3) is 0.533. The Hall–Kier alpha value is -1.75. The van der Waals surface area contributed by atoms with Gasteiger partial charge in [0.1, 0.15) is 11.3 Å². The first kappa shape index (κ1) is 14.7. The van der Waals surface area contributed by atoms with Crippen LogP contribution < -0.4 is 15.8 Å². The van der Waals surface area contributed by atoms with Crippen LogP contribution >= 0.6 is 0 Å². The number of nitrogen functional groups attached to an aromatic ring is 1. The average molecular weight is 278 g/mol. The Balaban J connectivity index is 1.95. The van der Waals surface area contributed by atoms with Gasteiger partial charge in [-0.2, -0.15) is 0 Å². The number of methoxy groups -OCH3 is 1. The van der Waals surface area contributed by atoms with E-state index in [4.69, 9.17) is 10.5 Å². The average Bonchev–Trinajstić information content (AvgIpc) is 2.46. The molecule has 0 radical (unpaired) electrons. The number of carbonyl (C=O) groups is 1. The lowest BCUT2D eigenvalue weighted by Crippen LogP contribution is -2.32. The minimum Gasteiger partial charge on any atom is -0.496 e. The van der Waals surface area contributed by atoms with Crippen LogP contribution in [0.15, 0.2) is 18.2 Å². The first-order valence-electron chi connectivity index (χ1n) is 7.00. The number of aliphatic hydroxyl groups excluding tert-OH is 1. The van der Waals surface area contributed by atoms with Crippen molar-refractivity contribution in [2.45, 2.75) is 31.8 Å². The summed E-state index contributed by atoms with van der Waals surface area (Å²) >= 11 is 0. The highest BCUT2D eigenvalue weighted by molar-refractivity contribution is 6.01. The monoisotopic (exact) mass is 278 g/mol. The quantitative estimate of drug-likeness (QED) is 0.730. The maximum atomic E-state index is 12.2. The second-order valence-electron chi connectivity index (χ2n) is 5.31. The summed E-state index contributed by atoms with van der Waals surface area (Å²) in [4.78, 5) is 12.2. The van der Waals surface area contributed by atoms with Crippen molar-refractivity contribution in [1.29, 1.82) is 0 Å². The van der Waals surface area contributed by atoms with Gasteiger partial charge in [0.2, 0.25) is 0 Å². The molecule has 0 unspecified atom stereocenters. The SMILES string of the molecule is COc1cccc(N)c1C(=O)NCC1CCC(O)CC1. The number of nitrogens with two attached hydrogens (primary N) is 1. The molecule has 1 amide bonds. The molecule has 20 heavy (non-hydrogen) atoms. The predicted octanol–water partition coefficient (Wildman–Crippen LogP) is 1.56. The third-order valence-corrected chi connectivity index (χ3v) is 3.87. The molecule has 0 spiro atoms. The van der Waals surface area contributed by atoms with Crippen LogP contribution in [-0.4, -0.2) is 30.8 Å². The summed E-state index contributed by atoms with van der Waals surface area (Å²) < 4.78 is 5.18. The van der Waals surface area contributed by atoms with E-state index in [-0.39, 0.29) is 12.0 Å². The summed E-state index contributed by atoms with van der Waals surface area (Å²) in [5, 5.41) is 12.4.